The molecule has 1 aliphatic rings. The summed E-state index contributed by atoms with van der Waals surface area (Å²) in [6, 6.07) is 8.60. The Hall–Kier alpha value is -1.72. The predicted molar refractivity (Wildman–Crippen MR) is 77.2 cm³/mol. The van der Waals surface area contributed by atoms with E-state index in [1.54, 1.807) is 0 Å². The Balaban J connectivity index is 1.75. The highest BCUT2D eigenvalue weighted by Crippen LogP contribution is 2.20. The molecule has 1 aliphatic heterocycles. The van der Waals surface area contributed by atoms with Gasteiger partial charge in [-0.15, -0.1) is 0 Å². The van der Waals surface area contributed by atoms with E-state index >= 15 is 0 Å². The van der Waals surface area contributed by atoms with Crippen molar-refractivity contribution in [2.75, 3.05) is 19.6 Å². The van der Waals surface area contributed by atoms with Crippen LogP contribution in [0, 0.1) is 6.92 Å². The largest absolute Gasteiger partial charge is 0.338 e. The Bertz CT molecular complexity index is 581. The topological polar surface area (TPSA) is 54.2 Å². The normalized spacial score (nSPS) is 20.2. The van der Waals surface area contributed by atoms with Crippen LogP contribution in [0.15, 0.2) is 28.8 Å². The van der Waals surface area contributed by atoms with Crippen molar-refractivity contribution in [3.63, 3.8) is 0 Å². The van der Waals surface area contributed by atoms with Crippen molar-refractivity contribution in [1.29, 1.82) is 0 Å². The third-order valence-electron chi connectivity index (χ3n) is 3.83. The maximum absolute atomic E-state index is 5.40. The third-order valence-corrected chi connectivity index (χ3v) is 3.83. The van der Waals surface area contributed by atoms with Gasteiger partial charge in [-0.05, 0) is 19.4 Å². The molecule has 2 heterocycles. The Morgan fingerprint density at radius 2 is 2.25 bits per heavy atom. The molecule has 1 atom stereocenters. The first-order valence-electron chi connectivity index (χ1n) is 7.07. The van der Waals surface area contributed by atoms with E-state index in [2.05, 4.69) is 40.3 Å². The molecule has 0 spiro atoms. The SMILES string of the molecule is Cc1ccccc1-c1noc(CN2CCNC[C@H]2C)n1. The Morgan fingerprint density at radius 3 is 3.05 bits per heavy atom. The Morgan fingerprint density at radius 1 is 1.40 bits per heavy atom. The summed E-state index contributed by atoms with van der Waals surface area (Å²) < 4.78 is 5.40. The lowest BCUT2D eigenvalue weighted by Gasteiger charge is -2.32. The lowest BCUT2D eigenvalue weighted by atomic mass is 10.1. The van der Waals surface area contributed by atoms with Crippen LogP contribution in [0.4, 0.5) is 0 Å². The summed E-state index contributed by atoms with van der Waals surface area (Å²) in [5.41, 5.74) is 2.20. The average Bonchev–Trinajstić information content (AvgIpc) is 2.90. The van der Waals surface area contributed by atoms with Crippen molar-refractivity contribution in [3.05, 3.63) is 35.7 Å². The van der Waals surface area contributed by atoms with Crippen molar-refractivity contribution in [2.45, 2.75) is 26.4 Å². The molecule has 2 aromatic rings. The molecule has 106 valence electrons. The fourth-order valence-electron chi connectivity index (χ4n) is 2.54. The van der Waals surface area contributed by atoms with Gasteiger partial charge in [-0.2, -0.15) is 4.98 Å². The summed E-state index contributed by atoms with van der Waals surface area (Å²) in [5.74, 6) is 1.37. The summed E-state index contributed by atoms with van der Waals surface area (Å²) >= 11 is 0. The highest BCUT2D eigenvalue weighted by atomic mass is 16.5. The van der Waals surface area contributed by atoms with E-state index in [9.17, 15) is 0 Å². The number of rotatable bonds is 3. The number of nitrogens with zero attached hydrogens (tertiary/aromatic N) is 3. The van der Waals surface area contributed by atoms with E-state index in [4.69, 9.17) is 4.52 Å². The first kappa shape index (κ1) is 13.3. The summed E-state index contributed by atoms with van der Waals surface area (Å²) in [7, 11) is 0. The number of hydrogen-bond donors (Lipinski definition) is 1. The van der Waals surface area contributed by atoms with E-state index in [1.165, 1.54) is 0 Å². The molecule has 3 rings (SSSR count). The van der Waals surface area contributed by atoms with Crippen LogP contribution in [0.1, 0.15) is 18.4 Å². The Labute approximate surface area is 119 Å². The Kier molecular flexibility index (Phi) is 3.80. The van der Waals surface area contributed by atoms with Gasteiger partial charge in [-0.25, -0.2) is 0 Å². The number of piperazine rings is 1. The fraction of sp³-hybridized carbons (Fsp3) is 0.467. The zero-order valence-electron chi connectivity index (χ0n) is 12.0. The number of aryl methyl sites for hydroxylation is 1. The highest BCUT2D eigenvalue weighted by molar-refractivity contribution is 5.58. The van der Waals surface area contributed by atoms with E-state index in [-0.39, 0.29) is 0 Å². The van der Waals surface area contributed by atoms with Gasteiger partial charge in [0.1, 0.15) is 0 Å². The first-order chi connectivity index (χ1) is 9.74. The molecule has 1 N–H and O–H groups in total. The molecule has 5 heteroatoms. The lowest BCUT2D eigenvalue weighted by molar-refractivity contribution is 0.146. The smallest absolute Gasteiger partial charge is 0.241 e. The van der Waals surface area contributed by atoms with Crippen molar-refractivity contribution in [1.82, 2.24) is 20.4 Å². The summed E-state index contributed by atoms with van der Waals surface area (Å²) in [4.78, 5) is 6.90. The molecule has 0 unspecified atom stereocenters. The van der Waals surface area contributed by atoms with Gasteiger partial charge >= 0.3 is 0 Å². The maximum atomic E-state index is 5.40. The third kappa shape index (κ3) is 2.73. The van der Waals surface area contributed by atoms with Gasteiger partial charge in [0, 0.05) is 31.2 Å². The van der Waals surface area contributed by atoms with Gasteiger partial charge in [0.2, 0.25) is 11.7 Å². The number of hydrogen-bond acceptors (Lipinski definition) is 5. The fourth-order valence-corrected chi connectivity index (χ4v) is 2.54. The van der Waals surface area contributed by atoms with E-state index in [0.29, 0.717) is 17.8 Å². The standard InChI is InChI=1S/C15H20N4O/c1-11-5-3-4-6-13(11)15-17-14(20-18-15)10-19-8-7-16-9-12(19)2/h3-6,12,16H,7-10H2,1-2H3/t12-/m1/s1. The second-order valence-electron chi connectivity index (χ2n) is 5.35. The van der Waals surface area contributed by atoms with Gasteiger partial charge < -0.3 is 9.84 Å². The summed E-state index contributed by atoms with van der Waals surface area (Å²) in [6.07, 6.45) is 0. The van der Waals surface area contributed by atoms with Crippen molar-refractivity contribution < 1.29 is 4.52 Å². The molecule has 0 bridgehead atoms. The van der Waals surface area contributed by atoms with Gasteiger partial charge in [0.05, 0.1) is 6.54 Å². The van der Waals surface area contributed by atoms with Gasteiger partial charge in [0.25, 0.3) is 0 Å². The molecular weight excluding hydrogens is 252 g/mol. The minimum atomic E-state index is 0.498. The van der Waals surface area contributed by atoms with E-state index < -0.39 is 0 Å². The first-order valence-corrected chi connectivity index (χ1v) is 7.07. The van der Waals surface area contributed by atoms with Crippen LogP contribution < -0.4 is 5.32 Å². The number of nitrogens with one attached hydrogen (secondary N) is 1. The molecule has 1 fully saturated rings. The van der Waals surface area contributed by atoms with Crippen molar-refractivity contribution >= 4 is 0 Å². The molecule has 5 nitrogen and oxygen atoms in total. The van der Waals surface area contributed by atoms with Crippen LogP contribution >= 0.6 is 0 Å². The van der Waals surface area contributed by atoms with E-state index in [1.807, 2.05) is 18.2 Å². The molecular formula is C15H20N4O. The zero-order chi connectivity index (χ0) is 13.9. The number of aromatic nitrogens is 2. The monoisotopic (exact) mass is 272 g/mol. The van der Waals surface area contributed by atoms with Crippen LogP contribution in [-0.4, -0.2) is 40.7 Å². The van der Waals surface area contributed by atoms with Crippen LogP contribution in [0.25, 0.3) is 11.4 Å². The maximum Gasteiger partial charge on any atom is 0.241 e. The quantitative estimate of drug-likeness (QED) is 0.924. The molecule has 20 heavy (non-hydrogen) atoms. The highest BCUT2D eigenvalue weighted by Gasteiger charge is 2.20. The summed E-state index contributed by atoms with van der Waals surface area (Å²) in [5, 5.41) is 7.49. The van der Waals surface area contributed by atoms with E-state index in [0.717, 1.165) is 37.3 Å². The van der Waals surface area contributed by atoms with Crippen molar-refractivity contribution in [2.24, 2.45) is 0 Å². The number of benzene rings is 1. The van der Waals surface area contributed by atoms with Gasteiger partial charge in [-0.3, -0.25) is 4.90 Å². The molecule has 1 aromatic heterocycles. The zero-order valence-corrected chi connectivity index (χ0v) is 12.0. The van der Waals surface area contributed by atoms with Crippen LogP contribution in [0.2, 0.25) is 0 Å². The van der Waals surface area contributed by atoms with Crippen LogP contribution in [0.3, 0.4) is 0 Å². The lowest BCUT2D eigenvalue weighted by Crippen LogP contribution is -2.49. The predicted octanol–water partition coefficient (Wildman–Crippen LogP) is 1.84. The molecule has 0 saturated carbocycles. The van der Waals surface area contributed by atoms with Crippen molar-refractivity contribution in [3.8, 4) is 11.4 Å². The van der Waals surface area contributed by atoms with Crippen LogP contribution in [-0.2, 0) is 6.54 Å². The molecule has 1 aromatic carbocycles. The molecule has 0 radical (unpaired) electrons. The second kappa shape index (κ2) is 5.73. The minimum Gasteiger partial charge on any atom is -0.338 e. The average molecular weight is 272 g/mol. The minimum absolute atomic E-state index is 0.498. The van der Waals surface area contributed by atoms with Crippen LogP contribution in [0.5, 0.6) is 0 Å². The van der Waals surface area contributed by atoms with Gasteiger partial charge in [0.15, 0.2) is 0 Å². The molecule has 0 amide bonds. The summed E-state index contributed by atoms with van der Waals surface area (Å²) in [6.45, 7) is 8.04. The molecule has 0 aliphatic carbocycles. The molecule has 1 saturated heterocycles. The second-order valence-corrected chi connectivity index (χ2v) is 5.35. The van der Waals surface area contributed by atoms with Gasteiger partial charge in [-0.1, -0.05) is 29.4 Å².